The first-order chi connectivity index (χ1) is 13.0. The number of carbonyl (C=O) groups is 1. The van der Waals surface area contributed by atoms with E-state index in [-0.39, 0.29) is 16.9 Å². The fourth-order valence-corrected chi connectivity index (χ4v) is 5.65. The first-order valence-electron chi connectivity index (χ1n) is 9.10. The van der Waals surface area contributed by atoms with Gasteiger partial charge < -0.3 is 5.32 Å². The number of nitrogens with one attached hydrogen (secondary N) is 1. The van der Waals surface area contributed by atoms with Crippen molar-refractivity contribution in [3.63, 3.8) is 0 Å². The molecule has 1 amide bonds. The Morgan fingerprint density at radius 3 is 2.63 bits per heavy atom. The van der Waals surface area contributed by atoms with E-state index in [1.54, 1.807) is 42.6 Å². The van der Waals surface area contributed by atoms with E-state index in [4.69, 9.17) is 0 Å². The lowest BCUT2D eigenvalue weighted by molar-refractivity contribution is 0.102. The lowest BCUT2D eigenvalue weighted by atomic mass is 10.0. The number of nitrogens with zero attached hydrogens (tertiary/aromatic N) is 1. The van der Waals surface area contributed by atoms with Gasteiger partial charge in [0.25, 0.3) is 5.91 Å². The fraction of sp³-hybridized carbons (Fsp3) is 0.400. The minimum absolute atomic E-state index is 0.0192. The third kappa shape index (κ3) is 5.32. The highest BCUT2D eigenvalue weighted by atomic mass is 32.2. The van der Waals surface area contributed by atoms with Gasteiger partial charge in [0.2, 0.25) is 0 Å². The Bertz CT molecular complexity index is 890. The van der Waals surface area contributed by atoms with Crippen molar-refractivity contribution in [2.45, 2.75) is 48.1 Å². The van der Waals surface area contributed by atoms with Crippen molar-refractivity contribution in [1.29, 1.82) is 0 Å². The number of carbonyl (C=O) groups excluding carboxylic acids is 1. The summed E-state index contributed by atoms with van der Waals surface area (Å²) in [5.74, 6) is -0.242. The van der Waals surface area contributed by atoms with Gasteiger partial charge in [-0.15, -0.1) is 11.8 Å². The van der Waals surface area contributed by atoms with Crippen molar-refractivity contribution in [2.24, 2.45) is 0 Å². The molecule has 1 aliphatic carbocycles. The largest absolute Gasteiger partial charge is 0.322 e. The third-order valence-electron chi connectivity index (χ3n) is 4.82. The average Bonchev–Trinajstić information content (AvgIpc) is 2.68. The quantitative estimate of drug-likeness (QED) is 0.726. The molecule has 1 N–H and O–H groups in total. The Kier molecular flexibility index (Phi) is 6.55. The first kappa shape index (κ1) is 19.9. The van der Waals surface area contributed by atoms with Gasteiger partial charge in [0.05, 0.1) is 21.6 Å². The van der Waals surface area contributed by atoms with Gasteiger partial charge >= 0.3 is 0 Å². The molecule has 27 heavy (non-hydrogen) atoms. The number of amides is 1. The first-order valence-corrected chi connectivity index (χ1v) is 12.0. The van der Waals surface area contributed by atoms with Gasteiger partial charge in [0.1, 0.15) is 0 Å². The number of benzene rings is 1. The summed E-state index contributed by atoms with van der Waals surface area (Å²) in [5, 5.41) is 3.44. The highest BCUT2D eigenvalue weighted by Crippen LogP contribution is 2.26. The molecule has 1 aliphatic rings. The Morgan fingerprint density at radius 1 is 1.19 bits per heavy atom. The zero-order chi connectivity index (χ0) is 19.3. The van der Waals surface area contributed by atoms with Crippen LogP contribution < -0.4 is 5.32 Å². The maximum absolute atomic E-state index is 12.7. The molecule has 1 aromatic heterocycles. The smallest absolute Gasteiger partial charge is 0.257 e. The van der Waals surface area contributed by atoms with Crippen LogP contribution in [0.5, 0.6) is 0 Å². The van der Waals surface area contributed by atoms with Crippen LogP contribution in [0.15, 0.2) is 47.6 Å². The molecule has 1 aromatic carbocycles. The number of rotatable bonds is 6. The Labute approximate surface area is 164 Å². The van der Waals surface area contributed by atoms with Crippen LogP contribution in [0.2, 0.25) is 0 Å². The van der Waals surface area contributed by atoms with Gasteiger partial charge in [0.15, 0.2) is 9.84 Å². The summed E-state index contributed by atoms with van der Waals surface area (Å²) in [6.45, 7) is 0. The molecule has 144 valence electrons. The minimum atomic E-state index is -3.17. The van der Waals surface area contributed by atoms with Crippen LogP contribution in [-0.4, -0.2) is 30.8 Å². The van der Waals surface area contributed by atoms with Gasteiger partial charge in [-0.2, -0.15) is 0 Å². The van der Waals surface area contributed by atoms with E-state index >= 15 is 0 Å². The number of sulfone groups is 1. The predicted molar refractivity (Wildman–Crippen MR) is 110 cm³/mol. The van der Waals surface area contributed by atoms with Gasteiger partial charge in [0, 0.05) is 11.9 Å². The number of hydrogen-bond acceptors (Lipinski definition) is 5. The standard InChI is InChI=1S/C20H24N2O3S2/c1-26-19-11-10-16(13-21-19)20(23)22-17-7-5-6-15(12-17)14-27(24,25)18-8-3-2-4-9-18/h5-7,10-13,18H,2-4,8-9,14H2,1H3,(H,22,23). The number of anilines is 1. The van der Waals surface area contributed by atoms with Crippen LogP contribution in [0.25, 0.3) is 0 Å². The highest BCUT2D eigenvalue weighted by Gasteiger charge is 2.27. The molecule has 5 nitrogen and oxygen atoms in total. The second-order valence-corrected chi connectivity index (χ2v) is 9.92. The van der Waals surface area contributed by atoms with E-state index < -0.39 is 9.84 Å². The molecule has 0 radical (unpaired) electrons. The SMILES string of the molecule is CSc1ccc(C(=O)Nc2cccc(CS(=O)(=O)C3CCCCC3)c2)cn1. The molecule has 1 fully saturated rings. The zero-order valence-electron chi connectivity index (χ0n) is 15.3. The number of thioether (sulfide) groups is 1. The summed E-state index contributed by atoms with van der Waals surface area (Å²) in [5.41, 5.74) is 1.76. The summed E-state index contributed by atoms with van der Waals surface area (Å²) in [7, 11) is -3.17. The van der Waals surface area contributed by atoms with Crippen LogP contribution in [0.3, 0.4) is 0 Å². The summed E-state index contributed by atoms with van der Waals surface area (Å²) >= 11 is 1.51. The van der Waals surface area contributed by atoms with E-state index in [2.05, 4.69) is 10.3 Å². The van der Waals surface area contributed by atoms with E-state index in [0.29, 0.717) is 16.8 Å². The predicted octanol–water partition coefficient (Wildman–Crippen LogP) is 4.30. The molecule has 3 rings (SSSR count). The van der Waals surface area contributed by atoms with E-state index in [0.717, 1.165) is 37.1 Å². The highest BCUT2D eigenvalue weighted by molar-refractivity contribution is 7.98. The maximum atomic E-state index is 12.7. The molecular formula is C20H24N2O3S2. The van der Waals surface area contributed by atoms with Crippen molar-refractivity contribution in [2.75, 3.05) is 11.6 Å². The van der Waals surface area contributed by atoms with Crippen LogP contribution in [0.1, 0.15) is 48.0 Å². The van der Waals surface area contributed by atoms with Gasteiger partial charge in [-0.25, -0.2) is 13.4 Å². The molecule has 0 spiro atoms. The Hall–Kier alpha value is -1.86. The lowest BCUT2D eigenvalue weighted by Gasteiger charge is -2.21. The minimum Gasteiger partial charge on any atom is -0.322 e. The molecule has 1 heterocycles. The van der Waals surface area contributed by atoms with Gasteiger partial charge in [-0.05, 0) is 48.9 Å². The summed E-state index contributed by atoms with van der Waals surface area (Å²) in [6, 6.07) is 10.6. The van der Waals surface area contributed by atoms with E-state index in [9.17, 15) is 13.2 Å². The molecule has 0 unspecified atom stereocenters. The van der Waals surface area contributed by atoms with Crippen molar-refractivity contribution in [3.8, 4) is 0 Å². The van der Waals surface area contributed by atoms with Crippen molar-refractivity contribution in [1.82, 2.24) is 4.98 Å². The average molecular weight is 405 g/mol. The number of hydrogen-bond donors (Lipinski definition) is 1. The van der Waals surface area contributed by atoms with Crippen LogP contribution in [0, 0.1) is 0 Å². The van der Waals surface area contributed by atoms with Crippen molar-refractivity contribution in [3.05, 3.63) is 53.7 Å². The molecule has 1 saturated carbocycles. The second kappa shape index (κ2) is 8.89. The van der Waals surface area contributed by atoms with Crippen LogP contribution in [-0.2, 0) is 15.6 Å². The molecule has 2 aromatic rings. The normalized spacial score (nSPS) is 15.4. The molecule has 7 heteroatoms. The van der Waals surface area contributed by atoms with Crippen molar-refractivity contribution < 1.29 is 13.2 Å². The molecule has 0 atom stereocenters. The third-order valence-corrected chi connectivity index (χ3v) is 7.70. The zero-order valence-corrected chi connectivity index (χ0v) is 17.0. The molecule has 0 bridgehead atoms. The van der Waals surface area contributed by atoms with E-state index in [1.165, 1.54) is 11.8 Å². The maximum Gasteiger partial charge on any atom is 0.257 e. The second-order valence-electron chi connectivity index (χ2n) is 6.81. The summed E-state index contributed by atoms with van der Waals surface area (Å²) < 4.78 is 25.3. The monoisotopic (exact) mass is 404 g/mol. The Morgan fingerprint density at radius 2 is 1.96 bits per heavy atom. The Balaban J connectivity index is 1.68. The summed E-state index contributed by atoms with van der Waals surface area (Å²) in [4.78, 5) is 16.6. The molecule has 0 saturated heterocycles. The van der Waals surface area contributed by atoms with Gasteiger partial charge in [-0.3, -0.25) is 4.79 Å². The fourth-order valence-electron chi connectivity index (χ4n) is 3.35. The molecule has 0 aliphatic heterocycles. The topological polar surface area (TPSA) is 76.1 Å². The van der Waals surface area contributed by atoms with Crippen LogP contribution >= 0.6 is 11.8 Å². The van der Waals surface area contributed by atoms with Gasteiger partial charge in [-0.1, -0.05) is 31.4 Å². The lowest BCUT2D eigenvalue weighted by Crippen LogP contribution is -2.25. The number of pyridine rings is 1. The van der Waals surface area contributed by atoms with Crippen LogP contribution in [0.4, 0.5) is 5.69 Å². The molecular weight excluding hydrogens is 380 g/mol. The van der Waals surface area contributed by atoms with E-state index in [1.807, 2.05) is 6.26 Å². The van der Waals surface area contributed by atoms with Crippen molar-refractivity contribution >= 4 is 33.2 Å². The number of aromatic nitrogens is 1. The summed E-state index contributed by atoms with van der Waals surface area (Å²) in [6.07, 6.45) is 8.09.